The minimum atomic E-state index is -2.59. The highest BCUT2D eigenvalue weighted by Gasteiger charge is 2.34. The fourth-order valence-electron chi connectivity index (χ4n) is 1.52. The van der Waals surface area contributed by atoms with Crippen molar-refractivity contribution in [3.05, 3.63) is 24.1 Å². The van der Waals surface area contributed by atoms with E-state index in [-0.39, 0.29) is 11.6 Å². The lowest BCUT2D eigenvalue weighted by atomic mass is 9.87. The molecule has 0 amide bonds. The molecule has 0 aliphatic carbocycles. The van der Waals surface area contributed by atoms with E-state index in [9.17, 15) is 8.96 Å². The lowest BCUT2D eigenvalue weighted by Gasteiger charge is -2.29. The molecule has 114 valence electrons. The van der Waals surface area contributed by atoms with Crippen LogP contribution in [0.25, 0.3) is 0 Å². The number of hydrogen-bond acceptors (Lipinski definition) is 3. The van der Waals surface area contributed by atoms with Crippen LogP contribution in [0.1, 0.15) is 34.6 Å². The predicted octanol–water partition coefficient (Wildman–Crippen LogP) is 4.89. The van der Waals surface area contributed by atoms with Crippen molar-refractivity contribution in [3.8, 4) is 0 Å². The van der Waals surface area contributed by atoms with Gasteiger partial charge in [-0.15, -0.1) is 0 Å². The summed E-state index contributed by atoms with van der Waals surface area (Å²) in [6, 6.07) is 0. The summed E-state index contributed by atoms with van der Waals surface area (Å²) in [4.78, 5) is 4.45. The Bertz CT molecular complexity index is 500. The average Bonchev–Trinajstić information content (AvgIpc) is 2.25. The summed E-state index contributed by atoms with van der Waals surface area (Å²) >= 11 is 0. The molecule has 20 heavy (non-hydrogen) atoms. The maximum atomic E-state index is 14.4. The van der Waals surface area contributed by atoms with Crippen LogP contribution in [0.4, 0.5) is 4.39 Å². The molecule has 0 bridgehead atoms. The minimum Gasteiger partial charge on any atom is -0.318 e. The van der Waals surface area contributed by atoms with E-state index in [1.807, 2.05) is 20.8 Å². The zero-order chi connectivity index (χ0) is 16.1. The molecule has 1 N–H and O–H groups in total. The van der Waals surface area contributed by atoms with Crippen molar-refractivity contribution in [1.29, 1.82) is 5.41 Å². The van der Waals surface area contributed by atoms with Gasteiger partial charge in [0.05, 0.1) is 5.45 Å². The van der Waals surface area contributed by atoms with Crippen molar-refractivity contribution in [2.45, 2.75) is 40.2 Å². The van der Waals surface area contributed by atoms with Crippen molar-refractivity contribution >= 4 is 18.3 Å². The maximum absolute atomic E-state index is 14.4. The number of rotatable bonds is 6. The van der Waals surface area contributed by atoms with Crippen molar-refractivity contribution in [2.24, 2.45) is 10.9 Å². The monoisotopic (exact) mass is 300 g/mol. The molecule has 0 unspecified atom stereocenters. The van der Waals surface area contributed by atoms with Crippen LogP contribution in [0.15, 0.2) is 29.0 Å². The van der Waals surface area contributed by atoms with Crippen molar-refractivity contribution in [3.63, 3.8) is 0 Å². The molecule has 0 fully saturated rings. The third-order valence-corrected chi connectivity index (χ3v) is 4.52. The molecule has 0 rings (SSSR count). The first-order valence-corrected chi connectivity index (χ1v) is 9.26. The molecule has 0 heterocycles. The van der Waals surface area contributed by atoms with E-state index < -0.39 is 18.5 Å². The summed E-state index contributed by atoms with van der Waals surface area (Å²) in [5.41, 5.74) is -0.561. The molecule has 0 spiro atoms. The Labute approximate surface area is 122 Å². The van der Waals surface area contributed by atoms with Gasteiger partial charge in [-0.1, -0.05) is 19.9 Å². The number of nitrogens with one attached hydrogen (secondary N) is 1. The summed E-state index contributed by atoms with van der Waals surface area (Å²) < 4.78 is 26.7. The minimum absolute atomic E-state index is 0.120. The smallest absolute Gasteiger partial charge is 0.129 e. The predicted molar refractivity (Wildman–Crippen MR) is 87.5 cm³/mol. The molecule has 0 aliphatic heterocycles. The quantitative estimate of drug-likeness (QED) is 0.551. The molecule has 1 atom stereocenters. The first-order valence-electron chi connectivity index (χ1n) is 6.66. The fraction of sp³-hybridized carbons (Fsp3) is 0.600. The van der Waals surface area contributed by atoms with Crippen LogP contribution >= 0.6 is 7.14 Å². The van der Waals surface area contributed by atoms with Gasteiger partial charge >= 0.3 is 0 Å². The van der Waals surface area contributed by atoms with E-state index >= 15 is 0 Å². The Balaban J connectivity index is 6.06. The third-order valence-electron chi connectivity index (χ3n) is 3.17. The molecule has 0 aliphatic rings. The molecule has 0 aromatic rings. The van der Waals surface area contributed by atoms with Crippen LogP contribution in [0.3, 0.4) is 0 Å². The standard InChI is InChI=1S/C15H26FN2OP/c1-8-9-14(20(6,7)19)18-15(5,11(2)3)13(16)10-12(4)17/h8-11,17H,1-7H3/b9-8-,13-10+,17-12?,18-14?/t15-/m0/s1. The van der Waals surface area contributed by atoms with Crippen molar-refractivity contribution in [2.75, 3.05) is 13.3 Å². The summed E-state index contributed by atoms with van der Waals surface area (Å²) in [6.07, 6.45) is 4.60. The maximum Gasteiger partial charge on any atom is 0.129 e. The molecule has 0 aromatic heterocycles. The molecule has 0 radical (unpaired) electrons. The Morgan fingerprint density at radius 3 is 2.20 bits per heavy atom. The highest BCUT2D eigenvalue weighted by molar-refractivity contribution is 7.80. The van der Waals surface area contributed by atoms with Gasteiger partial charge in [0, 0.05) is 5.71 Å². The molecule has 5 heteroatoms. The molecule has 0 saturated heterocycles. The molecule has 0 aromatic carbocycles. The summed E-state index contributed by atoms with van der Waals surface area (Å²) in [5.74, 6) is -0.597. The molecular weight excluding hydrogens is 274 g/mol. The van der Waals surface area contributed by atoms with Crippen LogP contribution in [0, 0.1) is 11.3 Å². The van der Waals surface area contributed by atoms with Gasteiger partial charge < -0.3 is 9.97 Å². The van der Waals surface area contributed by atoms with Gasteiger partial charge in [-0.05, 0) is 52.2 Å². The summed E-state index contributed by atoms with van der Waals surface area (Å²) in [5, 5.41) is 7.40. The first-order chi connectivity index (χ1) is 8.95. The fourth-order valence-corrected chi connectivity index (χ4v) is 2.48. The normalized spacial score (nSPS) is 17.6. The van der Waals surface area contributed by atoms with E-state index in [0.29, 0.717) is 5.45 Å². The average molecular weight is 300 g/mol. The molecular formula is C15H26FN2OP. The van der Waals surface area contributed by atoms with Gasteiger partial charge in [-0.3, -0.25) is 4.99 Å². The first kappa shape index (κ1) is 19.0. The lowest BCUT2D eigenvalue weighted by molar-refractivity contribution is 0.334. The number of aliphatic imine (C=N–C) groups is 1. The van der Waals surface area contributed by atoms with Crippen LogP contribution < -0.4 is 0 Å². The van der Waals surface area contributed by atoms with Crippen LogP contribution in [0.5, 0.6) is 0 Å². The zero-order valence-electron chi connectivity index (χ0n) is 13.5. The third kappa shape index (κ3) is 5.16. The Kier molecular flexibility index (Phi) is 6.76. The van der Waals surface area contributed by atoms with E-state index in [1.165, 1.54) is 13.0 Å². The zero-order valence-corrected chi connectivity index (χ0v) is 14.4. The van der Waals surface area contributed by atoms with Crippen LogP contribution in [0.2, 0.25) is 0 Å². The van der Waals surface area contributed by atoms with E-state index in [1.54, 1.807) is 32.4 Å². The van der Waals surface area contributed by atoms with Crippen molar-refractivity contribution in [1.82, 2.24) is 0 Å². The topological polar surface area (TPSA) is 53.3 Å². The number of halogens is 1. The second-order valence-electron chi connectivity index (χ2n) is 5.80. The number of allylic oxidation sites excluding steroid dienone is 3. The second kappa shape index (κ2) is 7.12. The van der Waals surface area contributed by atoms with Gasteiger partial charge in [-0.2, -0.15) is 0 Å². The van der Waals surface area contributed by atoms with Gasteiger partial charge in [0.2, 0.25) is 0 Å². The lowest BCUT2D eigenvalue weighted by Crippen LogP contribution is -2.31. The second-order valence-corrected chi connectivity index (χ2v) is 8.96. The van der Waals surface area contributed by atoms with Gasteiger partial charge in [0.1, 0.15) is 18.5 Å². The summed E-state index contributed by atoms with van der Waals surface area (Å²) in [7, 11) is -2.59. The van der Waals surface area contributed by atoms with Crippen molar-refractivity contribution < 1.29 is 8.96 Å². The molecule has 3 nitrogen and oxygen atoms in total. The van der Waals surface area contributed by atoms with Crippen LogP contribution in [-0.4, -0.2) is 30.0 Å². The highest BCUT2D eigenvalue weighted by Crippen LogP contribution is 2.42. The van der Waals surface area contributed by atoms with Gasteiger partial charge in [0.25, 0.3) is 0 Å². The van der Waals surface area contributed by atoms with E-state index in [2.05, 4.69) is 4.99 Å². The number of nitrogens with zero attached hydrogens (tertiary/aromatic N) is 1. The Morgan fingerprint density at radius 1 is 1.40 bits per heavy atom. The largest absolute Gasteiger partial charge is 0.318 e. The highest BCUT2D eigenvalue weighted by atomic mass is 31.2. The van der Waals surface area contributed by atoms with Crippen LogP contribution in [-0.2, 0) is 4.57 Å². The summed E-state index contributed by atoms with van der Waals surface area (Å²) in [6.45, 7) is 12.0. The Morgan fingerprint density at radius 2 is 1.90 bits per heavy atom. The van der Waals surface area contributed by atoms with Gasteiger partial charge in [-0.25, -0.2) is 4.39 Å². The SMILES string of the molecule is C/C=C\C(=N[C@](C)(/C(F)=C\C(C)=N)C(C)C)P(C)(C)=O. The molecule has 0 saturated carbocycles. The van der Waals surface area contributed by atoms with E-state index in [4.69, 9.17) is 5.41 Å². The Hall–Kier alpha value is -1.02. The van der Waals surface area contributed by atoms with E-state index in [0.717, 1.165) is 0 Å². The number of hydrogen-bond donors (Lipinski definition) is 1. The van der Waals surface area contributed by atoms with Gasteiger partial charge in [0.15, 0.2) is 0 Å².